The van der Waals surface area contributed by atoms with Crippen LogP contribution in [0.25, 0.3) is 6.08 Å². The first-order valence-corrected chi connectivity index (χ1v) is 9.29. The van der Waals surface area contributed by atoms with E-state index in [1.54, 1.807) is 42.5 Å². The molecule has 2 aromatic rings. The number of hydrogen-bond donors (Lipinski definition) is 3. The van der Waals surface area contributed by atoms with E-state index in [2.05, 4.69) is 16.2 Å². The van der Waals surface area contributed by atoms with E-state index in [-0.39, 0.29) is 12.0 Å². The molecule has 0 spiro atoms. The zero-order chi connectivity index (χ0) is 22.1. The topological polar surface area (TPSA) is 106 Å². The Bertz CT molecular complexity index is 936. The van der Waals surface area contributed by atoms with Gasteiger partial charge in [0.2, 0.25) is 5.91 Å². The molecule has 0 radical (unpaired) electrons. The van der Waals surface area contributed by atoms with Crippen molar-refractivity contribution in [3.05, 3.63) is 59.7 Å². The number of methoxy groups -OCH3 is 1. The van der Waals surface area contributed by atoms with Crippen LogP contribution in [0.3, 0.4) is 0 Å². The highest BCUT2D eigenvalue weighted by molar-refractivity contribution is 5.98. The normalized spacial score (nSPS) is 10.6. The van der Waals surface area contributed by atoms with Gasteiger partial charge in [-0.15, -0.1) is 0 Å². The molecule has 0 bridgehead atoms. The standard InChI is InChI=1S/C22H25N3O5/c1-14(2)30-19-11-8-17(13-20(19)29-4)22(28)25-24-21(27)12-7-16-5-9-18(10-6-16)23-15(3)26/h5-14H,1-4H3,(H,23,26)(H,24,27)(H,25,28)/b12-7+. The van der Waals surface area contributed by atoms with Gasteiger partial charge in [0, 0.05) is 24.3 Å². The van der Waals surface area contributed by atoms with Crippen LogP contribution in [0.4, 0.5) is 5.69 Å². The summed E-state index contributed by atoms with van der Waals surface area (Å²) in [6.07, 6.45) is 2.83. The van der Waals surface area contributed by atoms with E-state index >= 15 is 0 Å². The van der Waals surface area contributed by atoms with Gasteiger partial charge in [-0.2, -0.15) is 0 Å². The number of nitrogens with one attached hydrogen (secondary N) is 3. The SMILES string of the molecule is COc1cc(C(=O)NNC(=O)/C=C/c2ccc(NC(C)=O)cc2)ccc1OC(C)C. The van der Waals surface area contributed by atoms with Gasteiger partial charge >= 0.3 is 0 Å². The van der Waals surface area contributed by atoms with Gasteiger partial charge in [0.1, 0.15) is 0 Å². The molecule has 158 valence electrons. The summed E-state index contributed by atoms with van der Waals surface area (Å²) >= 11 is 0. The van der Waals surface area contributed by atoms with Crippen LogP contribution in [0, 0.1) is 0 Å². The summed E-state index contributed by atoms with van der Waals surface area (Å²) in [5, 5.41) is 2.66. The summed E-state index contributed by atoms with van der Waals surface area (Å²) in [7, 11) is 1.49. The van der Waals surface area contributed by atoms with Crippen LogP contribution < -0.4 is 25.6 Å². The van der Waals surface area contributed by atoms with Gasteiger partial charge in [-0.25, -0.2) is 0 Å². The van der Waals surface area contributed by atoms with Gasteiger partial charge < -0.3 is 14.8 Å². The molecule has 2 aromatic carbocycles. The minimum atomic E-state index is -0.499. The lowest BCUT2D eigenvalue weighted by Gasteiger charge is -2.14. The molecule has 0 fully saturated rings. The molecule has 8 nitrogen and oxygen atoms in total. The summed E-state index contributed by atoms with van der Waals surface area (Å²) in [6.45, 7) is 5.21. The molecule has 3 N–H and O–H groups in total. The lowest BCUT2D eigenvalue weighted by atomic mass is 10.2. The fraction of sp³-hybridized carbons (Fsp3) is 0.227. The first-order chi connectivity index (χ1) is 14.3. The second-order valence-electron chi connectivity index (χ2n) is 6.61. The Morgan fingerprint density at radius 1 is 0.967 bits per heavy atom. The van der Waals surface area contributed by atoms with E-state index in [1.165, 1.54) is 26.2 Å². The zero-order valence-electron chi connectivity index (χ0n) is 17.3. The minimum Gasteiger partial charge on any atom is -0.493 e. The molecule has 2 rings (SSSR count). The van der Waals surface area contributed by atoms with Gasteiger partial charge in [-0.05, 0) is 55.8 Å². The zero-order valence-corrected chi connectivity index (χ0v) is 17.3. The van der Waals surface area contributed by atoms with Crippen molar-refractivity contribution in [2.45, 2.75) is 26.9 Å². The van der Waals surface area contributed by atoms with E-state index in [4.69, 9.17) is 9.47 Å². The Balaban J connectivity index is 1.91. The molecule has 0 saturated carbocycles. The maximum absolute atomic E-state index is 12.3. The van der Waals surface area contributed by atoms with Crippen LogP contribution in [0.1, 0.15) is 36.7 Å². The largest absolute Gasteiger partial charge is 0.493 e. The summed E-state index contributed by atoms with van der Waals surface area (Å²) < 4.78 is 10.9. The Hall–Kier alpha value is -3.81. The monoisotopic (exact) mass is 411 g/mol. The third-order valence-electron chi connectivity index (χ3n) is 3.75. The molecular formula is C22H25N3O5. The average Bonchev–Trinajstić information content (AvgIpc) is 2.71. The number of benzene rings is 2. The van der Waals surface area contributed by atoms with Crippen LogP contribution in [-0.4, -0.2) is 30.9 Å². The van der Waals surface area contributed by atoms with Gasteiger partial charge in [0.15, 0.2) is 11.5 Å². The Labute approximate surface area is 175 Å². The summed E-state index contributed by atoms with van der Waals surface area (Å²) in [5.74, 6) is -0.203. The molecule has 0 aromatic heterocycles. The van der Waals surface area contributed by atoms with Gasteiger partial charge in [0.25, 0.3) is 11.8 Å². The van der Waals surface area contributed by atoms with Crippen molar-refractivity contribution < 1.29 is 23.9 Å². The summed E-state index contributed by atoms with van der Waals surface area (Å²) in [4.78, 5) is 35.2. The van der Waals surface area contributed by atoms with Crippen LogP contribution in [-0.2, 0) is 9.59 Å². The first kappa shape index (κ1) is 22.5. The Kier molecular flexibility index (Phi) is 7.99. The van der Waals surface area contributed by atoms with Crippen molar-refractivity contribution >= 4 is 29.5 Å². The fourth-order valence-corrected chi connectivity index (χ4v) is 2.45. The predicted octanol–water partition coefficient (Wildman–Crippen LogP) is 2.92. The third-order valence-corrected chi connectivity index (χ3v) is 3.75. The molecule has 0 saturated heterocycles. The molecule has 3 amide bonds. The van der Waals surface area contributed by atoms with Crippen molar-refractivity contribution in [2.24, 2.45) is 0 Å². The maximum Gasteiger partial charge on any atom is 0.269 e. The van der Waals surface area contributed by atoms with Crippen molar-refractivity contribution in [1.82, 2.24) is 10.9 Å². The molecule has 0 atom stereocenters. The summed E-state index contributed by atoms with van der Waals surface area (Å²) in [6, 6.07) is 11.7. The lowest BCUT2D eigenvalue weighted by molar-refractivity contribution is -0.117. The smallest absolute Gasteiger partial charge is 0.269 e. The van der Waals surface area contributed by atoms with Crippen molar-refractivity contribution in [1.29, 1.82) is 0 Å². The van der Waals surface area contributed by atoms with Crippen LogP contribution >= 0.6 is 0 Å². The number of ether oxygens (including phenoxy) is 2. The Morgan fingerprint density at radius 3 is 2.27 bits per heavy atom. The number of carbonyl (C=O) groups excluding carboxylic acids is 3. The molecule has 8 heteroatoms. The first-order valence-electron chi connectivity index (χ1n) is 9.29. The lowest BCUT2D eigenvalue weighted by Crippen LogP contribution is -2.40. The van der Waals surface area contributed by atoms with Gasteiger partial charge in [-0.1, -0.05) is 12.1 Å². The van der Waals surface area contributed by atoms with E-state index < -0.39 is 11.8 Å². The van der Waals surface area contributed by atoms with E-state index in [0.717, 1.165) is 5.56 Å². The highest BCUT2D eigenvalue weighted by atomic mass is 16.5. The number of hydrogen-bond acceptors (Lipinski definition) is 5. The number of anilines is 1. The van der Waals surface area contributed by atoms with E-state index in [9.17, 15) is 14.4 Å². The Morgan fingerprint density at radius 2 is 1.67 bits per heavy atom. The molecule has 30 heavy (non-hydrogen) atoms. The molecule has 0 aliphatic rings. The molecule has 0 unspecified atom stereocenters. The number of amides is 3. The number of rotatable bonds is 7. The van der Waals surface area contributed by atoms with Crippen molar-refractivity contribution in [3.8, 4) is 11.5 Å². The quantitative estimate of drug-likeness (QED) is 0.480. The van der Waals surface area contributed by atoms with Crippen LogP contribution in [0.2, 0.25) is 0 Å². The van der Waals surface area contributed by atoms with E-state index in [0.29, 0.717) is 22.7 Å². The predicted molar refractivity (Wildman–Crippen MR) is 114 cm³/mol. The molecular weight excluding hydrogens is 386 g/mol. The average molecular weight is 411 g/mol. The van der Waals surface area contributed by atoms with Crippen molar-refractivity contribution in [3.63, 3.8) is 0 Å². The minimum absolute atomic E-state index is 0.0359. The summed E-state index contributed by atoms with van der Waals surface area (Å²) in [5.41, 5.74) is 6.39. The fourth-order valence-electron chi connectivity index (χ4n) is 2.45. The molecule has 0 aliphatic heterocycles. The van der Waals surface area contributed by atoms with Gasteiger partial charge in [0.05, 0.1) is 13.2 Å². The molecule has 0 heterocycles. The van der Waals surface area contributed by atoms with Gasteiger partial charge in [-0.3, -0.25) is 25.2 Å². The van der Waals surface area contributed by atoms with Crippen molar-refractivity contribution in [2.75, 3.05) is 12.4 Å². The third kappa shape index (κ3) is 6.97. The van der Waals surface area contributed by atoms with E-state index in [1.807, 2.05) is 13.8 Å². The second-order valence-corrected chi connectivity index (χ2v) is 6.61. The highest BCUT2D eigenvalue weighted by Crippen LogP contribution is 2.28. The second kappa shape index (κ2) is 10.7. The maximum atomic E-state index is 12.3. The number of carbonyl (C=O) groups is 3. The van der Waals surface area contributed by atoms with Crippen LogP contribution in [0.15, 0.2) is 48.5 Å². The van der Waals surface area contributed by atoms with Crippen LogP contribution in [0.5, 0.6) is 11.5 Å². The number of hydrazine groups is 1. The highest BCUT2D eigenvalue weighted by Gasteiger charge is 2.12. The molecule has 0 aliphatic carbocycles.